The average Bonchev–Trinajstić information content (AvgIpc) is 2.55. The van der Waals surface area contributed by atoms with Crippen molar-refractivity contribution >= 4 is 17.6 Å². The Labute approximate surface area is 140 Å². The topological polar surface area (TPSA) is 98.7 Å². The maximum Gasteiger partial charge on any atom is 0.321 e. The second kappa shape index (κ2) is 8.12. The van der Waals surface area contributed by atoms with E-state index in [2.05, 4.69) is 10.6 Å². The molecule has 126 valence electrons. The maximum absolute atomic E-state index is 12.1. The Morgan fingerprint density at radius 1 is 1.12 bits per heavy atom. The zero-order chi connectivity index (χ0) is 17.5. The number of anilines is 1. The van der Waals surface area contributed by atoms with Crippen LogP contribution in [0, 0.1) is 6.92 Å². The first-order chi connectivity index (χ1) is 11.5. The first-order valence-electron chi connectivity index (χ1n) is 7.55. The summed E-state index contributed by atoms with van der Waals surface area (Å²) < 4.78 is 0. The predicted octanol–water partition coefficient (Wildman–Crippen LogP) is 2.27. The molecule has 4 N–H and O–H groups in total. The Bertz CT molecular complexity index is 716. The molecule has 0 unspecified atom stereocenters. The largest absolute Gasteiger partial charge is 0.508 e. The fourth-order valence-corrected chi connectivity index (χ4v) is 2.26. The summed E-state index contributed by atoms with van der Waals surface area (Å²) in [4.78, 5) is 23.4. The quantitative estimate of drug-likeness (QED) is 0.585. The van der Waals surface area contributed by atoms with Crippen molar-refractivity contribution in [2.45, 2.75) is 25.9 Å². The van der Waals surface area contributed by atoms with Crippen molar-refractivity contribution in [2.75, 3.05) is 5.32 Å². The summed E-state index contributed by atoms with van der Waals surface area (Å²) >= 11 is 0. The number of hydrogen-bond acceptors (Lipinski definition) is 4. The number of aryl methyl sites for hydroxylation is 1. The summed E-state index contributed by atoms with van der Waals surface area (Å²) in [6.45, 7) is 2.11. The summed E-state index contributed by atoms with van der Waals surface area (Å²) in [6, 6.07) is 13.0. The van der Waals surface area contributed by atoms with Crippen molar-refractivity contribution in [2.24, 2.45) is 0 Å². The van der Waals surface area contributed by atoms with Gasteiger partial charge in [-0.15, -0.1) is 0 Å². The van der Waals surface area contributed by atoms with Crippen LogP contribution >= 0.6 is 0 Å². The lowest BCUT2D eigenvalue weighted by Gasteiger charge is -2.15. The Kier molecular flexibility index (Phi) is 5.92. The lowest BCUT2D eigenvalue weighted by molar-refractivity contribution is -0.141. The first kappa shape index (κ1) is 17.5. The minimum Gasteiger partial charge on any atom is -0.508 e. The molecule has 0 aliphatic carbocycles. The third-order valence-corrected chi connectivity index (χ3v) is 3.57. The molecule has 0 radical (unpaired) electrons. The number of aromatic hydroxyl groups is 1. The molecule has 0 saturated carbocycles. The lowest BCUT2D eigenvalue weighted by Crippen LogP contribution is -2.39. The number of nitrogens with one attached hydrogen (secondary N) is 2. The molecule has 0 bridgehead atoms. The normalized spacial score (nSPS) is 11.7. The Hall–Kier alpha value is -2.86. The van der Waals surface area contributed by atoms with E-state index in [9.17, 15) is 19.8 Å². The lowest BCUT2D eigenvalue weighted by atomic mass is 10.1. The molecule has 6 heteroatoms. The molecule has 0 aliphatic heterocycles. The molecule has 2 aromatic carbocycles. The number of amides is 1. The standard InChI is InChI=1S/C18H20N2O4/c1-12-9-14(21)7-8-15(12)20-17(22)10-16(18(23)24)19-11-13-5-3-2-4-6-13/h2-9,16,19,21H,10-11H2,1H3,(H,20,22)(H,23,24)/t16-/m0/s1. The molecule has 0 aliphatic rings. The van der Waals surface area contributed by atoms with Crippen LogP contribution in [0.1, 0.15) is 17.5 Å². The zero-order valence-electron chi connectivity index (χ0n) is 13.3. The maximum atomic E-state index is 12.1. The Morgan fingerprint density at radius 2 is 1.83 bits per heavy atom. The van der Waals surface area contributed by atoms with Crippen LogP contribution in [0.2, 0.25) is 0 Å². The van der Waals surface area contributed by atoms with Crippen LogP contribution in [0.25, 0.3) is 0 Å². The molecule has 1 amide bonds. The van der Waals surface area contributed by atoms with Gasteiger partial charge in [-0.3, -0.25) is 14.9 Å². The van der Waals surface area contributed by atoms with Gasteiger partial charge in [0, 0.05) is 12.2 Å². The van der Waals surface area contributed by atoms with Crippen LogP contribution < -0.4 is 10.6 Å². The number of phenolic OH excluding ortho intramolecular Hbond substituents is 1. The summed E-state index contributed by atoms with van der Waals surface area (Å²) in [6.07, 6.45) is -0.192. The number of hydrogen-bond donors (Lipinski definition) is 4. The fraction of sp³-hybridized carbons (Fsp3) is 0.222. The van der Waals surface area contributed by atoms with E-state index >= 15 is 0 Å². The molecule has 2 aromatic rings. The molecule has 0 spiro atoms. The number of benzene rings is 2. The molecule has 0 saturated heterocycles. The van der Waals surface area contributed by atoms with Crippen molar-refractivity contribution in [3.05, 3.63) is 59.7 Å². The van der Waals surface area contributed by atoms with Gasteiger partial charge in [-0.2, -0.15) is 0 Å². The van der Waals surface area contributed by atoms with E-state index in [-0.39, 0.29) is 12.2 Å². The fourth-order valence-electron chi connectivity index (χ4n) is 2.26. The molecule has 24 heavy (non-hydrogen) atoms. The second-order valence-electron chi connectivity index (χ2n) is 5.51. The highest BCUT2D eigenvalue weighted by Crippen LogP contribution is 2.20. The molecule has 0 aromatic heterocycles. The van der Waals surface area contributed by atoms with Gasteiger partial charge in [0.25, 0.3) is 0 Å². The van der Waals surface area contributed by atoms with E-state index in [1.54, 1.807) is 13.0 Å². The third-order valence-electron chi connectivity index (χ3n) is 3.57. The summed E-state index contributed by atoms with van der Waals surface area (Å²) in [7, 11) is 0. The van der Waals surface area contributed by atoms with Gasteiger partial charge in [0.2, 0.25) is 5.91 Å². The van der Waals surface area contributed by atoms with Crippen LogP contribution in [0.3, 0.4) is 0 Å². The van der Waals surface area contributed by atoms with Crippen LogP contribution in [0.15, 0.2) is 48.5 Å². The highest BCUT2D eigenvalue weighted by molar-refractivity contribution is 5.94. The van der Waals surface area contributed by atoms with Gasteiger partial charge < -0.3 is 15.5 Å². The van der Waals surface area contributed by atoms with Gasteiger partial charge >= 0.3 is 5.97 Å². The number of phenols is 1. The minimum absolute atomic E-state index is 0.110. The van der Waals surface area contributed by atoms with Crippen molar-refractivity contribution in [1.29, 1.82) is 0 Å². The SMILES string of the molecule is Cc1cc(O)ccc1NC(=O)C[C@H](NCc1ccccc1)C(=O)O. The smallest absolute Gasteiger partial charge is 0.321 e. The first-order valence-corrected chi connectivity index (χ1v) is 7.55. The van der Waals surface area contributed by atoms with Crippen molar-refractivity contribution in [3.8, 4) is 5.75 Å². The van der Waals surface area contributed by atoms with Crippen LogP contribution in [-0.4, -0.2) is 28.1 Å². The van der Waals surface area contributed by atoms with Gasteiger partial charge in [0.15, 0.2) is 0 Å². The average molecular weight is 328 g/mol. The van der Waals surface area contributed by atoms with Crippen molar-refractivity contribution in [3.63, 3.8) is 0 Å². The highest BCUT2D eigenvalue weighted by atomic mass is 16.4. The van der Waals surface area contributed by atoms with Gasteiger partial charge in [0.1, 0.15) is 11.8 Å². The van der Waals surface area contributed by atoms with E-state index in [0.717, 1.165) is 5.56 Å². The zero-order valence-corrected chi connectivity index (χ0v) is 13.3. The molecule has 0 fully saturated rings. The Morgan fingerprint density at radius 3 is 2.46 bits per heavy atom. The number of carbonyl (C=O) groups excluding carboxylic acids is 1. The Balaban J connectivity index is 1.94. The molecule has 1 atom stereocenters. The summed E-state index contributed by atoms with van der Waals surface area (Å²) in [5, 5.41) is 24.2. The number of aliphatic carboxylic acids is 1. The van der Waals surface area contributed by atoms with Crippen LogP contribution in [0.5, 0.6) is 5.75 Å². The molecular formula is C18H20N2O4. The molecule has 6 nitrogen and oxygen atoms in total. The monoisotopic (exact) mass is 328 g/mol. The van der Waals surface area contributed by atoms with E-state index in [1.807, 2.05) is 30.3 Å². The highest BCUT2D eigenvalue weighted by Gasteiger charge is 2.21. The van der Waals surface area contributed by atoms with E-state index in [0.29, 0.717) is 17.8 Å². The number of carboxylic acids is 1. The molecule has 2 rings (SSSR count). The van der Waals surface area contributed by atoms with Gasteiger partial charge in [-0.05, 0) is 36.2 Å². The summed E-state index contributed by atoms with van der Waals surface area (Å²) in [5.41, 5.74) is 2.19. The van der Waals surface area contributed by atoms with E-state index in [1.165, 1.54) is 12.1 Å². The van der Waals surface area contributed by atoms with Crippen LogP contribution in [-0.2, 0) is 16.1 Å². The molecular weight excluding hydrogens is 308 g/mol. The number of carbonyl (C=O) groups is 2. The van der Waals surface area contributed by atoms with Crippen molar-refractivity contribution in [1.82, 2.24) is 5.32 Å². The summed E-state index contributed by atoms with van der Waals surface area (Å²) in [5.74, 6) is -1.38. The van der Waals surface area contributed by atoms with E-state index in [4.69, 9.17) is 0 Å². The molecule has 0 heterocycles. The van der Waals surface area contributed by atoms with Gasteiger partial charge in [-0.1, -0.05) is 30.3 Å². The minimum atomic E-state index is -1.08. The van der Waals surface area contributed by atoms with Gasteiger partial charge in [-0.25, -0.2) is 0 Å². The third kappa shape index (κ3) is 5.10. The second-order valence-corrected chi connectivity index (χ2v) is 5.51. The van der Waals surface area contributed by atoms with Crippen molar-refractivity contribution < 1.29 is 19.8 Å². The predicted molar refractivity (Wildman–Crippen MR) is 90.8 cm³/mol. The van der Waals surface area contributed by atoms with E-state index < -0.39 is 17.9 Å². The van der Waals surface area contributed by atoms with Gasteiger partial charge in [0.05, 0.1) is 6.42 Å². The van der Waals surface area contributed by atoms with Crippen LogP contribution in [0.4, 0.5) is 5.69 Å². The number of carboxylic acid groups (broad SMARTS) is 1. The number of rotatable bonds is 7.